The van der Waals surface area contributed by atoms with Crippen molar-refractivity contribution in [3.63, 3.8) is 0 Å². The fraction of sp³-hybridized carbons (Fsp3) is 0.200. The zero-order valence-corrected chi connectivity index (χ0v) is 13.1. The Balaban J connectivity index is 2.07. The highest BCUT2D eigenvalue weighted by molar-refractivity contribution is 6.33. The van der Waals surface area contributed by atoms with Crippen molar-refractivity contribution in [1.82, 2.24) is 0 Å². The van der Waals surface area contributed by atoms with Gasteiger partial charge in [0.05, 0.1) is 11.9 Å². The maximum Gasteiger partial charge on any atom is 0.253 e. The Morgan fingerprint density at radius 1 is 1.10 bits per heavy atom. The molecule has 1 heterocycles. The van der Waals surface area contributed by atoms with E-state index in [-0.39, 0.29) is 11.9 Å². The minimum absolute atomic E-state index is 0.256. The van der Waals surface area contributed by atoms with Crippen molar-refractivity contribution in [3.8, 4) is 11.5 Å². The fourth-order valence-electron chi connectivity index (χ4n) is 2.22. The molecule has 0 saturated heterocycles. The van der Waals surface area contributed by atoms with Gasteiger partial charge in [-0.05, 0) is 23.8 Å². The number of allylic oxidation sites excluding steroid dienone is 6. The summed E-state index contributed by atoms with van der Waals surface area (Å²) in [5, 5.41) is 0.815. The van der Waals surface area contributed by atoms with Crippen molar-refractivity contribution in [2.45, 2.75) is 11.7 Å². The van der Waals surface area contributed by atoms with Crippen LogP contribution in [0.5, 0.6) is 11.5 Å². The van der Waals surface area contributed by atoms with Gasteiger partial charge in [-0.15, -0.1) is 11.6 Å². The van der Waals surface area contributed by atoms with Crippen molar-refractivity contribution in [1.29, 1.82) is 0 Å². The van der Waals surface area contributed by atoms with E-state index in [9.17, 15) is 0 Å². The van der Waals surface area contributed by atoms with E-state index >= 15 is 0 Å². The third-order valence-electron chi connectivity index (χ3n) is 3.11. The summed E-state index contributed by atoms with van der Waals surface area (Å²) in [4.78, 5) is 0. The molecule has 3 rings (SSSR count). The monoisotopic (exact) mass is 343 g/mol. The van der Waals surface area contributed by atoms with Gasteiger partial charge in [0.25, 0.3) is 6.29 Å². The SMILES string of the molecule is NCC1Oc2cc(Cl)cc(C3=CC(Cl)C=C(Cl)C=C3)c2O1. The average Bonchev–Trinajstić information content (AvgIpc) is 2.77. The van der Waals surface area contributed by atoms with Crippen molar-refractivity contribution < 1.29 is 9.47 Å². The zero-order valence-electron chi connectivity index (χ0n) is 10.9. The largest absolute Gasteiger partial charge is 0.450 e. The van der Waals surface area contributed by atoms with E-state index in [4.69, 9.17) is 50.0 Å². The molecular formula is C15H12Cl3NO2. The lowest BCUT2D eigenvalue weighted by molar-refractivity contribution is 0.0579. The number of ether oxygens (including phenoxy) is 2. The first-order valence-electron chi connectivity index (χ1n) is 6.35. The molecule has 0 amide bonds. The van der Waals surface area contributed by atoms with Gasteiger partial charge < -0.3 is 15.2 Å². The third kappa shape index (κ3) is 3.06. The van der Waals surface area contributed by atoms with Gasteiger partial charge in [-0.2, -0.15) is 0 Å². The Morgan fingerprint density at radius 2 is 1.90 bits per heavy atom. The predicted molar refractivity (Wildman–Crippen MR) is 86.2 cm³/mol. The molecule has 3 nitrogen and oxygen atoms in total. The quantitative estimate of drug-likeness (QED) is 0.822. The van der Waals surface area contributed by atoms with E-state index < -0.39 is 6.29 Å². The third-order valence-corrected chi connectivity index (χ3v) is 3.83. The van der Waals surface area contributed by atoms with Gasteiger partial charge in [0.15, 0.2) is 11.5 Å². The molecule has 1 aromatic rings. The van der Waals surface area contributed by atoms with Crippen LogP contribution in [0, 0.1) is 0 Å². The van der Waals surface area contributed by atoms with Crippen LogP contribution in [0.2, 0.25) is 5.02 Å². The molecular weight excluding hydrogens is 333 g/mol. The summed E-state index contributed by atoms with van der Waals surface area (Å²) < 4.78 is 11.3. The van der Waals surface area contributed by atoms with Gasteiger partial charge in [-0.1, -0.05) is 35.4 Å². The minimum Gasteiger partial charge on any atom is -0.450 e. The first-order valence-corrected chi connectivity index (χ1v) is 7.54. The van der Waals surface area contributed by atoms with Crippen molar-refractivity contribution in [2.75, 3.05) is 6.54 Å². The van der Waals surface area contributed by atoms with E-state index in [1.54, 1.807) is 18.2 Å². The molecule has 0 saturated carbocycles. The number of benzene rings is 1. The van der Waals surface area contributed by atoms with E-state index in [0.29, 0.717) is 21.6 Å². The molecule has 1 aromatic carbocycles. The number of halogens is 3. The van der Waals surface area contributed by atoms with Crippen LogP contribution < -0.4 is 15.2 Å². The number of alkyl halides is 1. The van der Waals surface area contributed by atoms with Gasteiger partial charge in [0, 0.05) is 21.7 Å². The Hall–Kier alpha value is -1.13. The second-order valence-electron chi connectivity index (χ2n) is 4.63. The maximum absolute atomic E-state index is 6.20. The van der Waals surface area contributed by atoms with Crippen LogP contribution in [0.25, 0.3) is 5.57 Å². The highest BCUT2D eigenvalue weighted by atomic mass is 35.5. The van der Waals surface area contributed by atoms with Crippen molar-refractivity contribution in [2.24, 2.45) is 5.73 Å². The number of hydrogen-bond donors (Lipinski definition) is 1. The molecule has 21 heavy (non-hydrogen) atoms. The van der Waals surface area contributed by atoms with E-state index in [1.165, 1.54) is 0 Å². The Labute approximate surface area is 137 Å². The summed E-state index contributed by atoms with van der Waals surface area (Å²) in [7, 11) is 0. The summed E-state index contributed by atoms with van der Waals surface area (Å²) >= 11 is 18.4. The van der Waals surface area contributed by atoms with Crippen molar-refractivity contribution in [3.05, 3.63) is 52.1 Å². The maximum atomic E-state index is 6.20. The van der Waals surface area contributed by atoms with Crippen LogP contribution in [0.15, 0.2) is 41.5 Å². The van der Waals surface area contributed by atoms with Gasteiger partial charge in [-0.3, -0.25) is 0 Å². The number of hydrogen-bond acceptors (Lipinski definition) is 3. The van der Waals surface area contributed by atoms with E-state index in [1.807, 2.05) is 18.2 Å². The van der Waals surface area contributed by atoms with Crippen molar-refractivity contribution >= 4 is 40.4 Å². The first kappa shape index (κ1) is 14.8. The molecule has 2 atom stereocenters. The summed E-state index contributed by atoms with van der Waals surface area (Å²) in [6.45, 7) is 0.256. The summed E-state index contributed by atoms with van der Waals surface area (Å²) in [6.07, 6.45) is 6.77. The standard InChI is InChI=1S/C15H12Cl3NO2/c16-9-2-1-8(3-10(17)4-9)12-5-11(18)6-13-15(12)21-14(7-19)20-13/h1-6,10,14H,7,19H2. The highest BCUT2D eigenvalue weighted by Gasteiger charge is 2.27. The van der Waals surface area contributed by atoms with Crippen LogP contribution in [-0.4, -0.2) is 18.2 Å². The molecule has 0 spiro atoms. The lowest BCUT2D eigenvalue weighted by atomic mass is 10.0. The first-order chi connectivity index (χ1) is 10.1. The molecule has 2 aliphatic rings. The Bertz CT molecular complexity index is 667. The molecule has 0 bridgehead atoms. The Kier molecular flexibility index (Phi) is 4.18. The molecule has 1 aliphatic heterocycles. The average molecular weight is 345 g/mol. The van der Waals surface area contributed by atoms with Crippen LogP contribution in [-0.2, 0) is 0 Å². The predicted octanol–water partition coefficient (Wildman–Crippen LogP) is 4.08. The smallest absolute Gasteiger partial charge is 0.253 e. The van der Waals surface area contributed by atoms with E-state index in [2.05, 4.69) is 0 Å². The van der Waals surface area contributed by atoms with Gasteiger partial charge in [-0.25, -0.2) is 0 Å². The number of rotatable bonds is 2. The molecule has 0 aromatic heterocycles. The topological polar surface area (TPSA) is 44.5 Å². The molecule has 2 N–H and O–H groups in total. The molecule has 1 aliphatic carbocycles. The van der Waals surface area contributed by atoms with Gasteiger partial charge in [0.1, 0.15) is 0 Å². The highest BCUT2D eigenvalue weighted by Crippen LogP contribution is 2.44. The zero-order chi connectivity index (χ0) is 15.0. The minimum atomic E-state index is -0.499. The second-order valence-corrected chi connectivity index (χ2v) is 6.01. The fourth-order valence-corrected chi connectivity index (χ4v) is 2.96. The summed E-state index contributed by atoms with van der Waals surface area (Å²) in [6, 6.07) is 3.52. The molecule has 110 valence electrons. The van der Waals surface area contributed by atoms with Crippen LogP contribution in [0.1, 0.15) is 5.56 Å². The lowest BCUT2D eigenvalue weighted by Gasteiger charge is -2.09. The lowest BCUT2D eigenvalue weighted by Crippen LogP contribution is -2.28. The molecule has 2 unspecified atom stereocenters. The second kappa shape index (κ2) is 5.93. The van der Waals surface area contributed by atoms with Crippen LogP contribution in [0.3, 0.4) is 0 Å². The Morgan fingerprint density at radius 3 is 2.67 bits per heavy atom. The molecule has 6 heteroatoms. The molecule has 0 fully saturated rings. The number of fused-ring (bicyclic) bond motifs is 1. The summed E-state index contributed by atoms with van der Waals surface area (Å²) in [5.41, 5.74) is 7.25. The van der Waals surface area contributed by atoms with Crippen LogP contribution >= 0.6 is 34.8 Å². The van der Waals surface area contributed by atoms with Gasteiger partial charge in [0.2, 0.25) is 0 Å². The summed E-state index contributed by atoms with van der Waals surface area (Å²) in [5.74, 6) is 1.20. The van der Waals surface area contributed by atoms with Crippen LogP contribution in [0.4, 0.5) is 0 Å². The number of nitrogens with two attached hydrogens (primary N) is 1. The van der Waals surface area contributed by atoms with Gasteiger partial charge >= 0.3 is 0 Å². The normalized spacial score (nSPS) is 23.6. The molecule has 0 radical (unpaired) electrons. The van der Waals surface area contributed by atoms with E-state index in [0.717, 1.165) is 11.1 Å².